The number of hydrogen-bond donors (Lipinski definition) is 1. The summed E-state index contributed by atoms with van der Waals surface area (Å²) in [6, 6.07) is 7.74. The second kappa shape index (κ2) is 8.68. The van der Waals surface area contributed by atoms with Gasteiger partial charge in [0.2, 0.25) is 15.9 Å². The molecule has 1 fully saturated rings. The summed E-state index contributed by atoms with van der Waals surface area (Å²) < 4.78 is 24.8. The molecule has 0 aromatic heterocycles. The van der Waals surface area contributed by atoms with E-state index in [-0.39, 0.29) is 11.9 Å². The van der Waals surface area contributed by atoms with Gasteiger partial charge in [-0.25, -0.2) is 8.42 Å². The smallest absolute Gasteiger partial charge is 0.246 e. The minimum Gasteiger partial charge on any atom is -0.339 e. The maximum Gasteiger partial charge on any atom is 0.246 e. The van der Waals surface area contributed by atoms with E-state index in [0.717, 1.165) is 37.8 Å². The highest BCUT2D eigenvalue weighted by Gasteiger charge is 2.25. The molecule has 2 rings (SSSR count). The molecule has 0 aliphatic carbocycles. The van der Waals surface area contributed by atoms with Crippen LogP contribution in [0.5, 0.6) is 0 Å². The van der Waals surface area contributed by atoms with Gasteiger partial charge in [0.05, 0.1) is 6.26 Å². The lowest BCUT2D eigenvalue weighted by atomic mass is 10.0. The van der Waals surface area contributed by atoms with E-state index in [1.54, 1.807) is 36.4 Å². The lowest BCUT2D eigenvalue weighted by molar-refractivity contribution is -0.127. The van der Waals surface area contributed by atoms with Gasteiger partial charge in [-0.2, -0.15) is 0 Å². The highest BCUT2D eigenvalue weighted by molar-refractivity contribution is 7.92. The number of piperidine rings is 1. The van der Waals surface area contributed by atoms with Gasteiger partial charge < -0.3 is 9.80 Å². The fourth-order valence-corrected chi connectivity index (χ4v) is 3.70. The zero-order chi connectivity index (χ0) is 19.3. The molecule has 0 spiro atoms. The fourth-order valence-electron chi connectivity index (χ4n) is 3.13. The molecule has 1 heterocycles. The van der Waals surface area contributed by atoms with E-state index in [9.17, 15) is 13.2 Å². The van der Waals surface area contributed by atoms with E-state index in [4.69, 9.17) is 0 Å². The van der Waals surface area contributed by atoms with Crippen LogP contribution in [0.4, 0.5) is 5.69 Å². The number of carbonyl (C=O) groups excluding carboxylic acids is 1. The van der Waals surface area contributed by atoms with Crippen molar-refractivity contribution in [3.8, 4) is 0 Å². The van der Waals surface area contributed by atoms with Gasteiger partial charge in [0.15, 0.2) is 0 Å². The van der Waals surface area contributed by atoms with Crippen molar-refractivity contribution < 1.29 is 13.2 Å². The van der Waals surface area contributed by atoms with Crippen LogP contribution in [-0.4, -0.2) is 62.6 Å². The van der Waals surface area contributed by atoms with Crippen molar-refractivity contribution in [3.05, 3.63) is 35.9 Å². The van der Waals surface area contributed by atoms with Crippen LogP contribution in [0.3, 0.4) is 0 Å². The molecule has 1 N–H and O–H groups in total. The first-order chi connectivity index (χ1) is 12.2. The Morgan fingerprint density at radius 2 is 1.81 bits per heavy atom. The molecule has 1 aliphatic rings. The first kappa shape index (κ1) is 20.5. The minimum atomic E-state index is -3.28. The predicted molar refractivity (Wildman–Crippen MR) is 106 cm³/mol. The van der Waals surface area contributed by atoms with Crippen molar-refractivity contribution in [2.45, 2.75) is 38.8 Å². The number of carbonyl (C=O) groups is 1. The van der Waals surface area contributed by atoms with Crippen LogP contribution in [0, 0.1) is 0 Å². The van der Waals surface area contributed by atoms with Gasteiger partial charge in [-0.15, -0.1) is 0 Å². The molecule has 0 radical (unpaired) electrons. The predicted octanol–water partition coefficient (Wildman–Crippen LogP) is 2.40. The Bertz CT molecular complexity index is 734. The third-order valence-electron chi connectivity index (χ3n) is 4.76. The summed E-state index contributed by atoms with van der Waals surface area (Å²) in [5.74, 6) is -0.00802. The lowest BCUT2D eigenvalue weighted by Crippen LogP contribution is -2.47. The Balaban J connectivity index is 1.90. The highest BCUT2D eigenvalue weighted by atomic mass is 32.2. The monoisotopic (exact) mass is 379 g/mol. The number of benzene rings is 1. The Hall–Kier alpha value is -1.86. The first-order valence-corrected chi connectivity index (χ1v) is 10.8. The van der Waals surface area contributed by atoms with Gasteiger partial charge in [-0.3, -0.25) is 9.52 Å². The average Bonchev–Trinajstić information content (AvgIpc) is 2.59. The van der Waals surface area contributed by atoms with Gasteiger partial charge in [0, 0.05) is 44.0 Å². The molecule has 0 atom stereocenters. The van der Waals surface area contributed by atoms with Gasteiger partial charge in [-0.05, 0) is 50.5 Å². The summed E-state index contributed by atoms with van der Waals surface area (Å²) in [4.78, 5) is 16.7. The SMILES string of the molecule is CC(C)N1CCC(N(C)C(=O)/C=C/c2ccc(NS(C)(=O)=O)cc2)CC1. The second-order valence-corrected chi connectivity index (χ2v) is 8.89. The molecular weight excluding hydrogens is 350 g/mol. The Morgan fingerprint density at radius 3 is 2.31 bits per heavy atom. The van der Waals surface area contributed by atoms with Crippen LogP contribution >= 0.6 is 0 Å². The summed E-state index contributed by atoms with van der Waals surface area (Å²) in [6.45, 7) is 6.46. The number of nitrogens with zero attached hydrogens (tertiary/aromatic N) is 2. The molecule has 1 aromatic rings. The van der Waals surface area contributed by atoms with Crippen molar-refractivity contribution in [2.24, 2.45) is 0 Å². The number of likely N-dealkylation sites (N-methyl/N-ethyl adjacent to an activating group) is 1. The number of likely N-dealkylation sites (tertiary alicyclic amines) is 1. The zero-order valence-corrected chi connectivity index (χ0v) is 16.8. The molecule has 1 saturated heterocycles. The van der Waals surface area contributed by atoms with Gasteiger partial charge in [0.1, 0.15) is 0 Å². The number of anilines is 1. The molecule has 0 unspecified atom stereocenters. The van der Waals surface area contributed by atoms with Crippen molar-refractivity contribution in [1.82, 2.24) is 9.80 Å². The molecule has 26 heavy (non-hydrogen) atoms. The fraction of sp³-hybridized carbons (Fsp3) is 0.526. The zero-order valence-electron chi connectivity index (χ0n) is 16.0. The largest absolute Gasteiger partial charge is 0.339 e. The summed E-state index contributed by atoms with van der Waals surface area (Å²) >= 11 is 0. The maximum absolute atomic E-state index is 12.4. The average molecular weight is 380 g/mol. The van der Waals surface area contributed by atoms with Gasteiger partial charge in [0.25, 0.3) is 0 Å². The van der Waals surface area contributed by atoms with Crippen molar-refractivity contribution >= 4 is 27.7 Å². The molecule has 144 valence electrons. The van der Waals surface area contributed by atoms with E-state index < -0.39 is 10.0 Å². The Labute approximate surface area is 156 Å². The molecular formula is C19H29N3O3S. The van der Waals surface area contributed by atoms with Crippen LogP contribution in [0.1, 0.15) is 32.3 Å². The highest BCUT2D eigenvalue weighted by Crippen LogP contribution is 2.18. The van der Waals surface area contributed by atoms with Crippen LogP contribution in [-0.2, 0) is 14.8 Å². The molecule has 6 nitrogen and oxygen atoms in total. The molecule has 0 saturated carbocycles. The van der Waals surface area contributed by atoms with E-state index in [0.29, 0.717) is 11.7 Å². The second-order valence-electron chi connectivity index (χ2n) is 7.14. The van der Waals surface area contributed by atoms with Crippen molar-refractivity contribution in [2.75, 3.05) is 31.1 Å². The third-order valence-corrected chi connectivity index (χ3v) is 5.36. The molecule has 0 bridgehead atoms. The number of sulfonamides is 1. The van der Waals surface area contributed by atoms with Crippen LogP contribution < -0.4 is 4.72 Å². The summed E-state index contributed by atoms with van der Waals surface area (Å²) in [6.07, 6.45) is 6.45. The topological polar surface area (TPSA) is 69.7 Å². The summed E-state index contributed by atoms with van der Waals surface area (Å²) in [7, 11) is -1.42. The van der Waals surface area contributed by atoms with E-state index in [1.165, 1.54) is 0 Å². The number of amides is 1. The molecule has 1 amide bonds. The standard InChI is InChI=1S/C19H29N3O3S/c1-15(2)22-13-11-18(12-14-22)21(3)19(23)10-7-16-5-8-17(9-6-16)20-26(4,24)25/h5-10,15,18,20H,11-14H2,1-4H3/b10-7+. The van der Waals surface area contributed by atoms with E-state index >= 15 is 0 Å². The lowest BCUT2D eigenvalue weighted by Gasteiger charge is -2.38. The van der Waals surface area contributed by atoms with Gasteiger partial charge >= 0.3 is 0 Å². The quantitative estimate of drug-likeness (QED) is 0.771. The van der Waals surface area contributed by atoms with E-state index in [2.05, 4.69) is 23.5 Å². The summed E-state index contributed by atoms with van der Waals surface area (Å²) in [5.41, 5.74) is 1.35. The Morgan fingerprint density at radius 1 is 1.23 bits per heavy atom. The van der Waals surface area contributed by atoms with Crippen molar-refractivity contribution in [3.63, 3.8) is 0 Å². The Kier molecular flexibility index (Phi) is 6.83. The van der Waals surface area contributed by atoms with Crippen LogP contribution in [0.25, 0.3) is 6.08 Å². The number of hydrogen-bond acceptors (Lipinski definition) is 4. The molecule has 1 aromatic carbocycles. The number of rotatable bonds is 6. The third kappa shape index (κ3) is 6.14. The van der Waals surface area contributed by atoms with Crippen molar-refractivity contribution in [1.29, 1.82) is 0 Å². The number of nitrogens with one attached hydrogen (secondary N) is 1. The first-order valence-electron chi connectivity index (χ1n) is 8.92. The normalized spacial score (nSPS) is 17.0. The molecule has 1 aliphatic heterocycles. The summed E-state index contributed by atoms with van der Waals surface area (Å²) in [5, 5.41) is 0. The minimum absolute atomic E-state index is 0.00802. The maximum atomic E-state index is 12.4. The van der Waals surface area contributed by atoms with Crippen LogP contribution in [0.15, 0.2) is 30.3 Å². The molecule has 7 heteroatoms. The van der Waals surface area contributed by atoms with Gasteiger partial charge in [-0.1, -0.05) is 12.1 Å². The van der Waals surface area contributed by atoms with E-state index in [1.807, 2.05) is 11.9 Å². The van der Waals surface area contributed by atoms with Crippen LogP contribution in [0.2, 0.25) is 0 Å².